The molecule has 0 radical (unpaired) electrons. The molecule has 2 aliphatic rings. The molecule has 0 aliphatic carbocycles. The molecule has 1 unspecified atom stereocenters. The number of aromatic nitrogens is 1. The standard InChI is InChI=1S/C30H30N2O4S/c1-5-6-14-35-20(4)27-18(2)31-30-32(28(27)24-12-11-23-13-15-36-25(23)17-24)29(34)26(37-30)16-21-7-9-22(10-8-21)19(3)33/h7-12,16-17,28H,4-6,13-15H2,1-3H3/b26-16-. The van der Waals surface area contributed by atoms with Crippen molar-refractivity contribution in [2.24, 2.45) is 4.99 Å². The molecule has 3 aromatic rings. The maximum atomic E-state index is 13.8. The lowest BCUT2D eigenvalue weighted by Crippen LogP contribution is -2.38. The van der Waals surface area contributed by atoms with Crippen LogP contribution in [-0.2, 0) is 11.2 Å². The largest absolute Gasteiger partial charge is 0.494 e. The summed E-state index contributed by atoms with van der Waals surface area (Å²) in [6, 6.07) is 13.0. The number of carbonyl (C=O) groups excluding carboxylic acids is 1. The topological polar surface area (TPSA) is 69.9 Å². The number of benzene rings is 2. The normalized spacial score (nSPS) is 16.6. The van der Waals surface area contributed by atoms with Gasteiger partial charge >= 0.3 is 0 Å². The molecular formula is C30H30N2O4S. The number of thiazole rings is 1. The second-order valence-electron chi connectivity index (χ2n) is 9.35. The minimum atomic E-state index is -0.429. The van der Waals surface area contributed by atoms with Gasteiger partial charge in [-0.25, -0.2) is 4.99 Å². The van der Waals surface area contributed by atoms with E-state index in [4.69, 9.17) is 14.5 Å². The van der Waals surface area contributed by atoms with Crippen LogP contribution in [0.15, 0.2) is 75.9 Å². The van der Waals surface area contributed by atoms with Crippen LogP contribution in [0.1, 0.15) is 66.7 Å². The number of fused-ring (bicyclic) bond motifs is 2. The van der Waals surface area contributed by atoms with Gasteiger partial charge in [0.25, 0.3) is 5.56 Å². The first-order valence-electron chi connectivity index (χ1n) is 12.6. The van der Waals surface area contributed by atoms with Crippen LogP contribution in [0, 0.1) is 0 Å². The summed E-state index contributed by atoms with van der Waals surface area (Å²) < 4.78 is 14.2. The number of Topliss-reactive ketones (excluding diaryl/α,β-unsaturated/α-hetero) is 1. The van der Waals surface area contributed by atoms with Gasteiger partial charge in [0.1, 0.15) is 11.5 Å². The number of nitrogens with zero attached hydrogens (tertiary/aromatic N) is 2. The Balaban J connectivity index is 1.64. The second kappa shape index (κ2) is 10.3. The van der Waals surface area contributed by atoms with E-state index >= 15 is 0 Å². The summed E-state index contributed by atoms with van der Waals surface area (Å²) in [6.45, 7) is 11.1. The van der Waals surface area contributed by atoms with E-state index < -0.39 is 6.04 Å². The highest BCUT2D eigenvalue weighted by atomic mass is 32.1. The van der Waals surface area contributed by atoms with Crippen molar-refractivity contribution in [1.82, 2.24) is 4.57 Å². The lowest BCUT2D eigenvalue weighted by Gasteiger charge is -2.27. The molecule has 0 fully saturated rings. The van der Waals surface area contributed by atoms with E-state index in [0.717, 1.165) is 47.4 Å². The van der Waals surface area contributed by atoms with Crippen molar-refractivity contribution in [1.29, 1.82) is 0 Å². The molecule has 1 atom stereocenters. The van der Waals surface area contributed by atoms with Gasteiger partial charge in [-0.1, -0.05) is 67.7 Å². The van der Waals surface area contributed by atoms with Crippen LogP contribution in [0.3, 0.4) is 0 Å². The number of hydrogen-bond donors (Lipinski definition) is 0. The fourth-order valence-electron chi connectivity index (χ4n) is 4.73. The summed E-state index contributed by atoms with van der Waals surface area (Å²) in [5.41, 5.74) is 5.05. The minimum absolute atomic E-state index is 0.00800. The molecule has 7 heteroatoms. The van der Waals surface area contributed by atoms with E-state index in [-0.39, 0.29) is 11.3 Å². The number of allylic oxidation sites excluding steroid dienone is 2. The van der Waals surface area contributed by atoms with Gasteiger partial charge in [-0.2, -0.15) is 0 Å². The molecule has 2 aromatic carbocycles. The summed E-state index contributed by atoms with van der Waals surface area (Å²) in [5.74, 6) is 1.40. The van der Waals surface area contributed by atoms with E-state index in [1.165, 1.54) is 23.8 Å². The molecule has 190 valence electrons. The SMILES string of the molecule is C=C(OCCCC)C1=C(C)N=c2s/c(=C\c3ccc(C(C)=O)cc3)c(=O)n2C1c1ccc2c(c1)OCC2. The number of carbonyl (C=O) groups is 1. The number of rotatable bonds is 8. The Hall–Kier alpha value is -3.71. The van der Waals surface area contributed by atoms with E-state index in [9.17, 15) is 9.59 Å². The van der Waals surface area contributed by atoms with E-state index in [1.54, 1.807) is 16.7 Å². The zero-order chi connectivity index (χ0) is 26.1. The fourth-order valence-corrected chi connectivity index (χ4v) is 5.78. The lowest BCUT2D eigenvalue weighted by atomic mass is 9.93. The van der Waals surface area contributed by atoms with Crippen molar-refractivity contribution in [2.75, 3.05) is 13.2 Å². The Morgan fingerprint density at radius 2 is 2.05 bits per heavy atom. The van der Waals surface area contributed by atoms with Crippen LogP contribution in [0.25, 0.3) is 6.08 Å². The van der Waals surface area contributed by atoms with Gasteiger partial charge < -0.3 is 9.47 Å². The summed E-state index contributed by atoms with van der Waals surface area (Å²) in [5, 5.41) is 0. The van der Waals surface area contributed by atoms with Crippen molar-refractivity contribution in [3.05, 3.63) is 108 Å². The maximum Gasteiger partial charge on any atom is 0.271 e. The monoisotopic (exact) mass is 514 g/mol. The predicted octanol–water partition coefficient (Wildman–Crippen LogP) is 4.70. The first-order valence-corrected chi connectivity index (χ1v) is 13.4. The second-order valence-corrected chi connectivity index (χ2v) is 10.4. The number of ketones is 1. The molecule has 0 saturated heterocycles. The Bertz CT molecular complexity index is 1590. The zero-order valence-electron chi connectivity index (χ0n) is 21.4. The van der Waals surface area contributed by atoms with Crippen LogP contribution in [0.4, 0.5) is 0 Å². The van der Waals surface area contributed by atoms with Crippen LogP contribution < -0.4 is 19.6 Å². The van der Waals surface area contributed by atoms with Crippen molar-refractivity contribution in [3.63, 3.8) is 0 Å². The highest BCUT2D eigenvalue weighted by molar-refractivity contribution is 7.07. The molecule has 6 nitrogen and oxygen atoms in total. The first-order chi connectivity index (χ1) is 17.9. The van der Waals surface area contributed by atoms with Gasteiger partial charge in [-0.15, -0.1) is 0 Å². The molecule has 0 spiro atoms. The quantitative estimate of drug-likeness (QED) is 0.248. The summed E-state index contributed by atoms with van der Waals surface area (Å²) in [4.78, 5) is 30.9. The molecule has 3 heterocycles. The smallest absolute Gasteiger partial charge is 0.271 e. The lowest BCUT2D eigenvalue weighted by molar-refractivity contribution is 0.101. The highest BCUT2D eigenvalue weighted by Gasteiger charge is 2.31. The Kier molecular flexibility index (Phi) is 6.98. The number of ether oxygens (including phenoxy) is 2. The molecular weight excluding hydrogens is 484 g/mol. The van der Waals surface area contributed by atoms with Crippen molar-refractivity contribution >= 4 is 23.2 Å². The Labute approximate surface area is 219 Å². The summed E-state index contributed by atoms with van der Waals surface area (Å²) >= 11 is 1.36. The Morgan fingerprint density at radius 1 is 1.27 bits per heavy atom. The van der Waals surface area contributed by atoms with Gasteiger partial charge in [-0.3, -0.25) is 14.2 Å². The first kappa shape index (κ1) is 25.0. The highest BCUT2D eigenvalue weighted by Crippen LogP contribution is 2.37. The van der Waals surface area contributed by atoms with Crippen LogP contribution in [0.2, 0.25) is 0 Å². The third-order valence-electron chi connectivity index (χ3n) is 6.75. The van der Waals surface area contributed by atoms with E-state index in [1.807, 2.05) is 31.2 Å². The fraction of sp³-hybridized carbons (Fsp3) is 0.300. The van der Waals surface area contributed by atoms with E-state index in [2.05, 4.69) is 25.6 Å². The van der Waals surface area contributed by atoms with E-state index in [0.29, 0.717) is 33.9 Å². The van der Waals surface area contributed by atoms with Gasteiger partial charge in [0.05, 0.1) is 23.8 Å². The minimum Gasteiger partial charge on any atom is -0.494 e. The van der Waals surface area contributed by atoms with Gasteiger partial charge in [0.2, 0.25) is 0 Å². The molecule has 0 N–H and O–H groups in total. The van der Waals surface area contributed by atoms with Crippen molar-refractivity contribution in [2.45, 2.75) is 46.1 Å². The van der Waals surface area contributed by atoms with Crippen molar-refractivity contribution < 1.29 is 14.3 Å². The van der Waals surface area contributed by atoms with Gasteiger partial charge in [0, 0.05) is 23.3 Å². The van der Waals surface area contributed by atoms with Crippen LogP contribution >= 0.6 is 11.3 Å². The predicted molar refractivity (Wildman–Crippen MR) is 146 cm³/mol. The third kappa shape index (κ3) is 4.83. The van der Waals surface area contributed by atoms with Crippen molar-refractivity contribution in [3.8, 4) is 5.75 Å². The molecule has 5 rings (SSSR count). The number of unbranched alkanes of at least 4 members (excludes halogenated alkanes) is 1. The maximum absolute atomic E-state index is 13.8. The molecule has 0 amide bonds. The summed E-state index contributed by atoms with van der Waals surface area (Å²) in [6.07, 6.45) is 4.67. The third-order valence-corrected chi connectivity index (χ3v) is 7.73. The Morgan fingerprint density at radius 3 is 2.78 bits per heavy atom. The zero-order valence-corrected chi connectivity index (χ0v) is 22.2. The molecule has 1 aromatic heterocycles. The van der Waals surface area contributed by atoms with Crippen LogP contribution in [-0.4, -0.2) is 23.6 Å². The molecule has 37 heavy (non-hydrogen) atoms. The summed E-state index contributed by atoms with van der Waals surface area (Å²) in [7, 11) is 0. The molecule has 0 bridgehead atoms. The van der Waals surface area contributed by atoms with Gasteiger partial charge in [-0.05, 0) is 49.1 Å². The van der Waals surface area contributed by atoms with Gasteiger partial charge in [0.15, 0.2) is 10.6 Å². The molecule has 2 aliphatic heterocycles. The average Bonchev–Trinajstić information content (AvgIpc) is 3.47. The average molecular weight is 515 g/mol. The van der Waals surface area contributed by atoms with Crippen LogP contribution in [0.5, 0.6) is 5.75 Å². The molecule has 0 saturated carbocycles. The number of hydrogen-bond acceptors (Lipinski definition) is 6.